The first kappa shape index (κ1) is 115. The van der Waals surface area contributed by atoms with Crippen molar-refractivity contribution in [2.75, 3.05) is 211 Å². The molecule has 24 rings (SSSR count). The molecule has 14 aliphatic heterocycles. The van der Waals surface area contributed by atoms with E-state index in [2.05, 4.69) is 52.0 Å². The smallest absolute Gasteiger partial charge is 0.317 e. The molecule has 14 heterocycles. The van der Waals surface area contributed by atoms with Crippen LogP contribution in [-0.4, -0.2) is 333 Å². The predicted octanol–water partition coefficient (Wildman–Crippen LogP) is 15.8. The molecule has 8 saturated carbocycles. The van der Waals surface area contributed by atoms with E-state index in [-0.39, 0.29) is 91.3 Å². The second-order valence-electron chi connectivity index (χ2n) is 43.9. The highest BCUT2D eigenvalue weighted by Gasteiger charge is 2.51. The van der Waals surface area contributed by atoms with Gasteiger partial charge in [0.25, 0.3) is 0 Å². The van der Waals surface area contributed by atoms with Crippen molar-refractivity contribution in [1.82, 2.24) is 0 Å². The minimum Gasteiger partial charge on any atom is -0.491 e. The molecule has 0 amide bonds. The molecule has 0 radical (unpaired) electrons. The van der Waals surface area contributed by atoms with Crippen LogP contribution in [0, 0.1) is 75.9 Å². The molecule has 30 nitrogen and oxygen atoms in total. The van der Waals surface area contributed by atoms with Crippen molar-refractivity contribution in [3.05, 3.63) is 59.7 Å². The monoisotopic (exact) mass is 2000 g/mol. The van der Waals surface area contributed by atoms with Gasteiger partial charge < -0.3 is 128 Å². The maximum atomic E-state index is 12.0. The highest BCUT2D eigenvalue weighted by Crippen LogP contribution is 2.53. The van der Waals surface area contributed by atoms with Gasteiger partial charge in [-0.15, -0.1) is 0 Å². The first-order valence-corrected chi connectivity index (χ1v) is 52.2. The molecule has 22 fully saturated rings. The van der Waals surface area contributed by atoms with Crippen LogP contribution in [0.15, 0.2) is 48.5 Å². The average molecular weight is 2000 g/mol. The number of benzene rings is 2. The summed E-state index contributed by atoms with van der Waals surface area (Å²) >= 11 is 0. The number of hydrogen-bond acceptors (Lipinski definition) is 30. The minimum absolute atomic E-state index is 0. The van der Waals surface area contributed by atoms with E-state index >= 15 is 0 Å². The van der Waals surface area contributed by atoms with Crippen LogP contribution < -0.4 is 9.47 Å². The van der Waals surface area contributed by atoms with Crippen LogP contribution >= 0.6 is 0 Å². The number of carbonyl (C=O) groups is 3. The third-order valence-corrected chi connectivity index (χ3v) is 30.9. The molecule has 0 bridgehead atoms. The molecule has 26 atom stereocenters. The van der Waals surface area contributed by atoms with E-state index in [0.29, 0.717) is 222 Å². The number of epoxide rings is 14. The van der Waals surface area contributed by atoms with Gasteiger partial charge in [0.2, 0.25) is 0 Å². The van der Waals surface area contributed by atoms with Crippen molar-refractivity contribution in [3.8, 4) is 11.5 Å². The Hall–Kier alpha value is -4.43. The normalized spacial score (nSPS) is 35.4. The van der Waals surface area contributed by atoms with Gasteiger partial charge in [0.15, 0.2) is 0 Å². The van der Waals surface area contributed by atoms with Gasteiger partial charge in [-0.25, -0.2) is 0 Å². The van der Waals surface area contributed by atoms with Gasteiger partial charge in [-0.05, 0) is 236 Å². The topological polar surface area (TPSA) is 347 Å². The van der Waals surface area contributed by atoms with Crippen LogP contribution in [0.4, 0.5) is 0 Å². The Kier molecular flexibility index (Phi) is 46.1. The lowest BCUT2D eigenvalue weighted by Gasteiger charge is -2.32. The molecular weight excluding hydrogens is 1810 g/mol. The summed E-state index contributed by atoms with van der Waals surface area (Å²) in [4.78, 5) is 35.5. The molecule has 0 aromatic heterocycles. The van der Waals surface area contributed by atoms with Gasteiger partial charge in [-0.3, -0.25) is 14.4 Å². The quantitative estimate of drug-likeness (QED) is 0.0257. The molecule has 141 heavy (non-hydrogen) atoms. The molecule has 14 saturated heterocycles. The molecule has 30 heteroatoms. The van der Waals surface area contributed by atoms with Gasteiger partial charge in [-0.1, -0.05) is 96.5 Å². The maximum absolute atomic E-state index is 12.0. The fourth-order valence-electron chi connectivity index (χ4n) is 20.0. The Bertz CT molecular complexity index is 3640. The lowest BCUT2D eigenvalue weighted by atomic mass is 9.78. The minimum atomic E-state index is -0.459. The fraction of sp³-hybridized carbons (Fsp3) is 0.865. The standard InChI is InChI=1S/C21H24O4.C18H26O5.C15H26O6.C15H22O3.C14H24O6.C14H24O4.C8H12O2.6CH4/c1-21(2,15-3-7-17(8-4-15)22-11-19-13-24-19)16-5-9-18(10-6-16)23-12-20-14-25-20;19-17(21-9-11-1-3-13-7-14(13)5-11)8-18(20)22-10-12-2-4-15-16(6-12)23-15;1-2-15(9-16-3-12-6-19-12,10-17-4-13-7-20-13)11-18-5-14-8-21-14;16-15(11-3-4-13-14(7-11)18-13)17-8-9-1-2-10-6-12(10)5-9;1-14(8-15-2-11-5-18-11,9-16-3-12-6-19-12)10-17-4-13-7-20-13;1-2-12(6-16-8-14-10-18-14)4-3-11(1)5-15-7-13-9-17-13;1-2-6-7(10-6)3-5(1)8-4-9-8;;;;;;/h3-10,19-20H,11-14H2,1-2H3;11-16H,1-10H2;12-14H,2-11H2,1H3;9-14H,1-8H2;11-13H,2-10H2,1H3;11-14H,1-10H2;5-8H,1-4H2;6*1H4. The summed E-state index contributed by atoms with van der Waals surface area (Å²) in [7, 11) is 0. The van der Waals surface area contributed by atoms with Gasteiger partial charge >= 0.3 is 17.9 Å². The largest absolute Gasteiger partial charge is 0.491 e. The highest BCUT2D eigenvalue weighted by molar-refractivity contribution is 5.91. The van der Waals surface area contributed by atoms with Crippen molar-refractivity contribution >= 4 is 17.9 Å². The molecule has 2 aromatic rings. The number of ether oxygens (including phenoxy) is 27. The zero-order valence-electron chi connectivity index (χ0n) is 80.9. The third-order valence-electron chi connectivity index (χ3n) is 30.9. The van der Waals surface area contributed by atoms with Gasteiger partial charge in [0.1, 0.15) is 92.2 Å². The van der Waals surface area contributed by atoms with E-state index in [1.807, 2.05) is 24.3 Å². The summed E-state index contributed by atoms with van der Waals surface area (Å²) in [6, 6.07) is 16.7. The van der Waals surface area contributed by atoms with Gasteiger partial charge in [-0.2, -0.15) is 0 Å². The Morgan fingerprint density at radius 1 is 0.284 bits per heavy atom. The lowest BCUT2D eigenvalue weighted by Crippen LogP contribution is -2.38. The summed E-state index contributed by atoms with van der Waals surface area (Å²) in [5.74, 6) is 8.73. The Morgan fingerprint density at radius 3 is 0.943 bits per heavy atom. The van der Waals surface area contributed by atoms with Gasteiger partial charge in [0.05, 0.1) is 234 Å². The van der Waals surface area contributed by atoms with E-state index in [9.17, 15) is 14.4 Å². The van der Waals surface area contributed by atoms with Gasteiger partial charge in [0, 0.05) is 29.5 Å². The molecule has 22 aliphatic rings. The molecule has 26 unspecified atom stereocenters. The maximum Gasteiger partial charge on any atom is 0.317 e. The molecule has 806 valence electrons. The Morgan fingerprint density at radius 2 is 0.596 bits per heavy atom. The van der Waals surface area contributed by atoms with Crippen LogP contribution in [0.1, 0.15) is 231 Å². The molecule has 0 N–H and O–H groups in total. The SMILES string of the molecule is C.C.C.C.C.C.C1CC(COCC2CO2)CCC1COCC1CO1.C1CC2OC2CC1C1CO1.CC(C)(c1ccc(OCC2CO2)cc1)c1ccc(OCC2CO2)cc1.CC(COCC1CO1)(COCC1CO1)COCC1CO1.CCC(COCC1CO1)(COCC1CO1)COCC1CO1.O=C(CC(=O)OCC1CCC2OC2C1)OCC1CCC2CC2C1.O=C(OCC1CCC2CC2C1)C1CCC2OC2C1. The van der Waals surface area contributed by atoms with Crippen molar-refractivity contribution in [2.24, 2.45) is 75.9 Å². The second kappa shape index (κ2) is 56.4. The summed E-state index contributed by atoms with van der Waals surface area (Å²) < 4.78 is 147. The van der Waals surface area contributed by atoms with Crippen LogP contribution in [0.5, 0.6) is 11.5 Å². The number of carbonyl (C=O) groups excluding carboxylic acids is 3. The molecular formula is C111H182O30. The van der Waals surface area contributed by atoms with E-state index in [4.69, 9.17) is 128 Å². The van der Waals surface area contributed by atoms with Crippen LogP contribution in [0.25, 0.3) is 0 Å². The fourth-order valence-corrected chi connectivity index (χ4v) is 20.0. The second-order valence-corrected chi connectivity index (χ2v) is 43.9. The lowest BCUT2D eigenvalue weighted by molar-refractivity contribution is -0.156. The number of hydrogen-bond donors (Lipinski definition) is 0. The summed E-state index contributed by atoms with van der Waals surface area (Å²) in [5, 5.41) is 0. The van der Waals surface area contributed by atoms with E-state index in [1.54, 1.807) is 0 Å². The number of fused-ring (bicyclic) bond motifs is 5. The Balaban J connectivity index is 0.000000147. The van der Waals surface area contributed by atoms with Crippen molar-refractivity contribution < 1.29 is 142 Å². The Labute approximate surface area is 843 Å². The highest BCUT2D eigenvalue weighted by atomic mass is 16.7. The third kappa shape index (κ3) is 42.1. The number of rotatable bonds is 51. The average Bonchev–Trinajstić information content (AvgIpc) is 1.50. The first-order valence-electron chi connectivity index (χ1n) is 52.2. The molecule has 0 spiro atoms. The van der Waals surface area contributed by atoms with Crippen molar-refractivity contribution in [3.63, 3.8) is 0 Å². The summed E-state index contributed by atoms with van der Waals surface area (Å²) in [6.07, 6.45) is 32.9. The van der Waals surface area contributed by atoms with Crippen LogP contribution in [0.2, 0.25) is 0 Å². The molecule has 8 aliphatic carbocycles. The van der Waals surface area contributed by atoms with Crippen LogP contribution in [0.3, 0.4) is 0 Å². The van der Waals surface area contributed by atoms with Crippen molar-refractivity contribution in [1.29, 1.82) is 0 Å². The van der Waals surface area contributed by atoms with Crippen LogP contribution in [-0.2, 0) is 138 Å². The zero-order valence-corrected chi connectivity index (χ0v) is 80.9. The predicted molar refractivity (Wildman–Crippen MR) is 530 cm³/mol. The van der Waals surface area contributed by atoms with E-state index in [0.717, 1.165) is 203 Å². The summed E-state index contributed by atoms with van der Waals surface area (Å²) in [6.45, 7) is 32.1. The number of esters is 3. The van der Waals surface area contributed by atoms with E-state index < -0.39 is 11.9 Å². The molecule has 2 aromatic carbocycles. The van der Waals surface area contributed by atoms with E-state index in [1.165, 1.54) is 101 Å². The first-order chi connectivity index (χ1) is 65.9. The zero-order chi connectivity index (χ0) is 92.3. The summed E-state index contributed by atoms with van der Waals surface area (Å²) in [5.41, 5.74) is 2.18. The van der Waals surface area contributed by atoms with Crippen molar-refractivity contribution in [2.45, 2.75) is 329 Å².